The minimum Gasteiger partial charge on any atom is -0.389 e. The first kappa shape index (κ1) is 8.17. The molecule has 0 aromatic heterocycles. The van der Waals surface area contributed by atoms with Gasteiger partial charge in [0.1, 0.15) is 0 Å². The fraction of sp³-hybridized carbons (Fsp3) is 1.00. The van der Waals surface area contributed by atoms with Crippen LogP contribution < -0.4 is 0 Å². The molecule has 4 fully saturated rings. The van der Waals surface area contributed by atoms with Crippen LogP contribution in [0.1, 0.15) is 12.8 Å². The number of nitrogens with zero attached hydrogens (tertiary/aromatic N) is 1. The number of hydrogen-bond donors (Lipinski definition) is 2. The van der Waals surface area contributed by atoms with E-state index in [1.54, 1.807) is 0 Å². The molecule has 0 unspecified atom stereocenters. The van der Waals surface area contributed by atoms with Crippen LogP contribution >= 0.6 is 0 Å². The number of hydrogen-bond acceptors (Lipinski definition) is 4. The van der Waals surface area contributed by atoms with Crippen LogP contribution in [0, 0.1) is 0 Å². The number of ether oxygens (including phenoxy) is 1. The summed E-state index contributed by atoms with van der Waals surface area (Å²) in [5.41, 5.74) is 0. The smallest absolute Gasteiger partial charge is 0.0958 e. The lowest BCUT2D eigenvalue weighted by Gasteiger charge is -2.59. The maximum absolute atomic E-state index is 9.84. The topological polar surface area (TPSA) is 52.9 Å². The van der Waals surface area contributed by atoms with E-state index in [2.05, 4.69) is 4.90 Å². The second-order valence-corrected chi connectivity index (χ2v) is 4.47. The molecule has 0 aromatic carbocycles. The summed E-state index contributed by atoms with van der Waals surface area (Å²) in [6, 6.07) is 0.400. The van der Waals surface area contributed by atoms with Crippen molar-refractivity contribution in [2.45, 2.75) is 49.3 Å². The SMILES string of the molecule is CN1[C@@H]2C[C@H]3O[C@H](C[C@@H]1[C@@H]3O)[C@H]2O. The zero-order valence-electron chi connectivity index (χ0n) is 7.63. The van der Waals surface area contributed by atoms with Crippen LogP contribution in [-0.2, 0) is 4.74 Å². The third-order valence-electron chi connectivity index (χ3n) is 3.89. The molecule has 4 heteroatoms. The molecule has 0 radical (unpaired) electrons. The molecule has 0 aromatic rings. The largest absolute Gasteiger partial charge is 0.389 e. The van der Waals surface area contributed by atoms with Gasteiger partial charge in [-0.25, -0.2) is 0 Å². The summed E-state index contributed by atoms with van der Waals surface area (Å²) in [5.74, 6) is 0. The van der Waals surface area contributed by atoms with Crippen molar-refractivity contribution in [1.82, 2.24) is 4.90 Å². The second-order valence-electron chi connectivity index (χ2n) is 4.47. The molecule has 0 aliphatic carbocycles. The molecule has 4 heterocycles. The summed E-state index contributed by atoms with van der Waals surface area (Å²) in [4.78, 5) is 2.12. The molecular formula is C9H15NO3. The van der Waals surface area contributed by atoms with Crippen LogP contribution in [0.5, 0.6) is 0 Å². The molecule has 4 bridgehead atoms. The van der Waals surface area contributed by atoms with Crippen molar-refractivity contribution in [3.63, 3.8) is 0 Å². The predicted molar refractivity (Wildman–Crippen MR) is 45.2 cm³/mol. The van der Waals surface area contributed by atoms with E-state index in [1.165, 1.54) is 0 Å². The molecular weight excluding hydrogens is 170 g/mol. The first-order valence-electron chi connectivity index (χ1n) is 4.92. The molecule has 6 atom stereocenters. The molecule has 4 aliphatic rings. The molecule has 2 N–H and O–H groups in total. The van der Waals surface area contributed by atoms with E-state index >= 15 is 0 Å². The van der Waals surface area contributed by atoms with Gasteiger partial charge in [-0.05, 0) is 19.9 Å². The highest BCUT2D eigenvalue weighted by Gasteiger charge is 2.56. The van der Waals surface area contributed by atoms with Gasteiger partial charge in [0.2, 0.25) is 0 Å². The van der Waals surface area contributed by atoms with Crippen molar-refractivity contribution < 1.29 is 14.9 Å². The van der Waals surface area contributed by atoms with Gasteiger partial charge in [-0.15, -0.1) is 0 Å². The van der Waals surface area contributed by atoms with Crippen LogP contribution in [0.4, 0.5) is 0 Å². The van der Waals surface area contributed by atoms with Crippen molar-refractivity contribution in [2.24, 2.45) is 0 Å². The second kappa shape index (κ2) is 2.45. The summed E-state index contributed by atoms with van der Waals surface area (Å²) >= 11 is 0. The minimum atomic E-state index is -0.356. The Morgan fingerprint density at radius 3 is 2.00 bits per heavy atom. The normalized spacial score (nSPS) is 60.2. The molecule has 0 saturated carbocycles. The highest BCUT2D eigenvalue weighted by atomic mass is 16.5. The third-order valence-corrected chi connectivity index (χ3v) is 3.89. The monoisotopic (exact) mass is 185 g/mol. The van der Waals surface area contributed by atoms with Gasteiger partial charge in [-0.2, -0.15) is 0 Å². The molecule has 74 valence electrons. The molecule has 4 rings (SSSR count). The van der Waals surface area contributed by atoms with Gasteiger partial charge in [-0.3, -0.25) is 4.90 Å². The van der Waals surface area contributed by atoms with Crippen LogP contribution in [-0.4, -0.2) is 58.7 Å². The number of rotatable bonds is 0. The summed E-state index contributed by atoms with van der Waals surface area (Å²) in [7, 11) is 1.99. The fourth-order valence-electron chi connectivity index (χ4n) is 3.09. The van der Waals surface area contributed by atoms with E-state index in [1.807, 2.05) is 7.05 Å². The first-order valence-corrected chi connectivity index (χ1v) is 4.92. The molecule has 4 aliphatic heterocycles. The van der Waals surface area contributed by atoms with Gasteiger partial charge >= 0.3 is 0 Å². The van der Waals surface area contributed by atoms with Gasteiger partial charge in [0, 0.05) is 12.1 Å². The quantitative estimate of drug-likeness (QED) is 0.506. The van der Waals surface area contributed by atoms with Crippen LogP contribution in [0.3, 0.4) is 0 Å². The Hall–Kier alpha value is -0.160. The fourth-order valence-corrected chi connectivity index (χ4v) is 3.09. The Morgan fingerprint density at radius 1 is 1.08 bits per heavy atom. The van der Waals surface area contributed by atoms with Crippen LogP contribution in [0.25, 0.3) is 0 Å². The maximum atomic E-state index is 9.84. The van der Waals surface area contributed by atoms with Crippen molar-refractivity contribution in [3.05, 3.63) is 0 Å². The minimum absolute atomic E-state index is 0.0339. The van der Waals surface area contributed by atoms with Gasteiger partial charge in [0.15, 0.2) is 0 Å². The summed E-state index contributed by atoms with van der Waals surface area (Å²) in [6.07, 6.45) is 0.759. The van der Waals surface area contributed by atoms with Crippen molar-refractivity contribution in [1.29, 1.82) is 0 Å². The van der Waals surface area contributed by atoms with Crippen molar-refractivity contribution in [3.8, 4) is 0 Å². The van der Waals surface area contributed by atoms with Gasteiger partial charge in [0.05, 0.1) is 24.4 Å². The highest BCUT2D eigenvalue weighted by molar-refractivity contribution is 5.08. The summed E-state index contributed by atoms with van der Waals surface area (Å²) < 4.78 is 5.57. The lowest BCUT2D eigenvalue weighted by Crippen LogP contribution is -2.73. The molecule has 4 nitrogen and oxygen atoms in total. The molecule has 13 heavy (non-hydrogen) atoms. The lowest BCUT2D eigenvalue weighted by molar-refractivity contribution is -0.268. The first-order chi connectivity index (χ1) is 6.18. The Bertz CT molecular complexity index is 213. The van der Waals surface area contributed by atoms with Crippen molar-refractivity contribution >= 4 is 0 Å². The van der Waals surface area contributed by atoms with Crippen LogP contribution in [0.15, 0.2) is 0 Å². The van der Waals surface area contributed by atoms with E-state index in [0.717, 1.165) is 12.8 Å². The van der Waals surface area contributed by atoms with Gasteiger partial charge in [0.25, 0.3) is 0 Å². The van der Waals surface area contributed by atoms with Crippen LogP contribution in [0.2, 0.25) is 0 Å². The Labute approximate surface area is 77.1 Å². The Balaban J connectivity index is 1.95. The van der Waals surface area contributed by atoms with E-state index in [-0.39, 0.29) is 36.5 Å². The molecule has 0 spiro atoms. The number of aliphatic hydroxyl groups is 2. The predicted octanol–water partition coefficient (Wildman–Crippen LogP) is -1.05. The number of piperidine rings is 2. The summed E-state index contributed by atoms with van der Waals surface area (Å²) in [6.45, 7) is 0. The lowest BCUT2D eigenvalue weighted by atomic mass is 9.75. The van der Waals surface area contributed by atoms with E-state index in [9.17, 15) is 10.2 Å². The van der Waals surface area contributed by atoms with E-state index in [0.29, 0.717) is 0 Å². The van der Waals surface area contributed by atoms with Gasteiger partial charge in [-0.1, -0.05) is 0 Å². The zero-order valence-corrected chi connectivity index (χ0v) is 7.63. The number of aliphatic hydroxyl groups excluding tert-OH is 2. The highest BCUT2D eigenvalue weighted by Crippen LogP contribution is 2.41. The standard InChI is InChI=1S/C9H15NO3/c1-10-4-2-6-9(12)5(10)3-7(13-6)8(4)11/h4-9,11-12H,2-3H2,1H3/t4-,5-,6-,7-,8+,9+/m1/s1. The van der Waals surface area contributed by atoms with E-state index < -0.39 is 0 Å². The third kappa shape index (κ3) is 0.892. The van der Waals surface area contributed by atoms with Crippen molar-refractivity contribution in [2.75, 3.05) is 7.05 Å². The average molecular weight is 185 g/mol. The maximum Gasteiger partial charge on any atom is 0.0958 e. The number of likely N-dealkylation sites (N-methyl/N-ethyl adjacent to an activating group) is 1. The summed E-state index contributed by atoms with van der Waals surface area (Å²) in [5, 5.41) is 19.7. The zero-order chi connectivity index (χ0) is 9.16. The average Bonchev–Trinajstić information content (AvgIpc) is 2.10. The molecule has 0 amide bonds. The Kier molecular flexibility index (Phi) is 1.54. The van der Waals surface area contributed by atoms with Gasteiger partial charge < -0.3 is 14.9 Å². The van der Waals surface area contributed by atoms with E-state index in [4.69, 9.17) is 4.74 Å². The molecule has 4 saturated heterocycles. The Morgan fingerprint density at radius 2 is 1.54 bits per heavy atom.